The van der Waals surface area contributed by atoms with Crippen molar-refractivity contribution in [1.29, 1.82) is 0 Å². The summed E-state index contributed by atoms with van der Waals surface area (Å²) < 4.78 is 24.9. The molecule has 5 heterocycles. The van der Waals surface area contributed by atoms with Crippen molar-refractivity contribution < 1.29 is 28.2 Å². The molecule has 0 fully saturated rings. The van der Waals surface area contributed by atoms with Gasteiger partial charge in [-0.1, -0.05) is 74.5 Å². The molecule has 0 saturated carbocycles. The molecule has 2 amide bonds. The van der Waals surface area contributed by atoms with Crippen LogP contribution in [0.4, 0.5) is 10.5 Å². The number of oxazole rings is 1. The van der Waals surface area contributed by atoms with E-state index in [0.29, 0.717) is 42.1 Å². The molecule has 46 heavy (non-hydrogen) atoms. The van der Waals surface area contributed by atoms with E-state index >= 15 is 0 Å². The van der Waals surface area contributed by atoms with Gasteiger partial charge in [0.2, 0.25) is 17.7 Å². The molecule has 1 aromatic heterocycles. The first-order chi connectivity index (χ1) is 22.4. The third-order valence-corrected chi connectivity index (χ3v) is 9.03. The molecule has 4 atom stereocenters. The number of para-hydroxylation sites is 1. The van der Waals surface area contributed by atoms with Crippen LogP contribution in [0.1, 0.15) is 59.5 Å². The molecule has 0 aliphatic carbocycles. The zero-order valence-electron chi connectivity index (χ0n) is 25.4. The first-order valence-corrected chi connectivity index (χ1v) is 15.5. The van der Waals surface area contributed by atoms with Crippen LogP contribution in [0.3, 0.4) is 0 Å². The van der Waals surface area contributed by atoms with E-state index in [1.807, 2.05) is 80.6 Å². The maximum Gasteiger partial charge on any atom is 0.408 e. The number of carbonyl (C=O) groups excluding carboxylic acids is 2. The third-order valence-electron chi connectivity index (χ3n) is 9.03. The van der Waals surface area contributed by atoms with Crippen molar-refractivity contribution in [3.8, 4) is 5.75 Å². The normalized spacial score (nSPS) is 23.8. The SMILES string of the molecule is CC(C)[C@@H]1NC(=O)[C@@H](NC(=O)OCc2ccccc2)Cc2ccc3c(c2)C2(c4ccccc4NC2O3)c2oc1nc2C1=NCCO1. The fourth-order valence-corrected chi connectivity index (χ4v) is 6.83. The largest absolute Gasteiger partial charge is 0.474 e. The van der Waals surface area contributed by atoms with Gasteiger partial charge in [0, 0.05) is 17.7 Å². The molecular formula is C35H33N5O6. The predicted molar refractivity (Wildman–Crippen MR) is 168 cm³/mol. The highest BCUT2D eigenvalue weighted by molar-refractivity contribution is 5.95. The average molecular weight is 620 g/mol. The molecule has 234 valence electrons. The molecule has 1 spiro atoms. The predicted octanol–water partition coefficient (Wildman–Crippen LogP) is 4.59. The number of aliphatic imine (C=N–C) groups is 1. The van der Waals surface area contributed by atoms with Crippen LogP contribution in [-0.2, 0) is 32.7 Å². The van der Waals surface area contributed by atoms with Gasteiger partial charge in [0.25, 0.3) is 0 Å². The summed E-state index contributed by atoms with van der Waals surface area (Å²) in [7, 11) is 0. The lowest BCUT2D eigenvalue weighted by Gasteiger charge is -2.28. The average Bonchev–Trinajstić information content (AvgIpc) is 3.85. The molecule has 3 N–H and O–H groups in total. The molecule has 3 aromatic carbocycles. The molecular weight excluding hydrogens is 586 g/mol. The van der Waals surface area contributed by atoms with Gasteiger partial charge in [0.15, 0.2) is 17.7 Å². The van der Waals surface area contributed by atoms with Gasteiger partial charge in [0.1, 0.15) is 36.5 Å². The Kier molecular flexibility index (Phi) is 6.70. The summed E-state index contributed by atoms with van der Waals surface area (Å²) in [6.45, 7) is 4.99. The van der Waals surface area contributed by atoms with Crippen molar-refractivity contribution in [2.45, 2.75) is 50.6 Å². The lowest BCUT2D eigenvalue weighted by atomic mass is 9.72. The number of rotatable bonds is 5. The van der Waals surface area contributed by atoms with E-state index < -0.39 is 29.8 Å². The number of nitrogens with one attached hydrogen (secondary N) is 3. The second kappa shape index (κ2) is 10.9. The van der Waals surface area contributed by atoms with E-state index in [4.69, 9.17) is 23.6 Å². The van der Waals surface area contributed by atoms with Gasteiger partial charge >= 0.3 is 6.09 Å². The molecule has 4 bridgehead atoms. The first-order valence-electron chi connectivity index (χ1n) is 15.5. The zero-order valence-corrected chi connectivity index (χ0v) is 25.4. The Bertz CT molecular complexity index is 1870. The number of alkyl carbamates (subject to hydrolysis) is 1. The number of amides is 2. The molecule has 11 nitrogen and oxygen atoms in total. The Morgan fingerprint density at radius 1 is 1.07 bits per heavy atom. The number of hydrogen-bond donors (Lipinski definition) is 3. The maximum absolute atomic E-state index is 14.0. The smallest absolute Gasteiger partial charge is 0.408 e. The summed E-state index contributed by atoms with van der Waals surface area (Å²) in [5.74, 6) is 1.45. The topological polar surface area (TPSA) is 136 Å². The Morgan fingerprint density at radius 2 is 1.89 bits per heavy atom. The van der Waals surface area contributed by atoms with Crippen LogP contribution >= 0.6 is 0 Å². The lowest BCUT2D eigenvalue weighted by molar-refractivity contribution is -0.124. The number of carbonyl (C=O) groups is 2. The van der Waals surface area contributed by atoms with E-state index in [9.17, 15) is 9.59 Å². The highest BCUT2D eigenvalue weighted by Crippen LogP contribution is 2.58. The standard InChI is InChI=1S/C35H33N5O6/c1-19(2)27-32-40-28(31-36-14-15-43-31)29(46-32)35-22-10-6-7-11-24(22)37-33(35)45-26-13-12-21(16-23(26)35)17-25(30(41)39-27)38-34(42)44-18-20-8-4-3-5-9-20/h3-13,16,19,25,27,33,37H,14-15,17-18H2,1-2H3,(H,38,42)(H,39,41)/t25-,27-,33?,35?/m0/s1. The van der Waals surface area contributed by atoms with Gasteiger partial charge in [0.05, 0.1) is 6.54 Å². The quantitative estimate of drug-likeness (QED) is 0.295. The fraction of sp³-hybridized carbons (Fsp3) is 0.314. The fourth-order valence-electron chi connectivity index (χ4n) is 6.83. The van der Waals surface area contributed by atoms with Crippen molar-refractivity contribution in [2.24, 2.45) is 10.9 Å². The van der Waals surface area contributed by atoms with Gasteiger partial charge in [-0.15, -0.1) is 0 Å². The van der Waals surface area contributed by atoms with Crippen LogP contribution in [0.15, 0.2) is 82.2 Å². The van der Waals surface area contributed by atoms with Crippen molar-refractivity contribution in [3.05, 3.63) is 112 Å². The van der Waals surface area contributed by atoms with Crippen LogP contribution in [0.2, 0.25) is 0 Å². The minimum absolute atomic E-state index is 0.0793. The molecule has 8 rings (SSSR count). The Morgan fingerprint density at radius 3 is 2.70 bits per heavy atom. The van der Waals surface area contributed by atoms with E-state index in [0.717, 1.165) is 27.9 Å². The molecule has 0 radical (unpaired) electrons. The van der Waals surface area contributed by atoms with Crippen LogP contribution in [0.5, 0.6) is 5.75 Å². The Labute approximate surface area is 265 Å². The minimum atomic E-state index is -0.943. The van der Waals surface area contributed by atoms with Crippen LogP contribution in [0.25, 0.3) is 0 Å². The van der Waals surface area contributed by atoms with Gasteiger partial charge in [-0.2, -0.15) is 0 Å². The number of nitrogens with zero attached hydrogens (tertiary/aromatic N) is 2. The molecule has 0 saturated heterocycles. The Hall–Kier alpha value is -5.32. The van der Waals surface area contributed by atoms with Crippen molar-refractivity contribution in [1.82, 2.24) is 15.6 Å². The van der Waals surface area contributed by atoms with Crippen LogP contribution < -0.4 is 20.7 Å². The number of aromatic nitrogens is 1. The number of ether oxygens (including phenoxy) is 3. The summed E-state index contributed by atoms with van der Waals surface area (Å²) in [4.78, 5) is 36.6. The number of benzene rings is 3. The summed E-state index contributed by atoms with van der Waals surface area (Å²) in [6, 6.07) is 21.7. The van der Waals surface area contributed by atoms with Gasteiger partial charge in [-0.3, -0.25) is 4.79 Å². The maximum atomic E-state index is 14.0. The van der Waals surface area contributed by atoms with Gasteiger partial charge < -0.3 is 34.6 Å². The lowest BCUT2D eigenvalue weighted by Crippen LogP contribution is -2.49. The molecule has 4 aliphatic rings. The number of fused-ring (bicyclic) bond motifs is 4. The summed E-state index contributed by atoms with van der Waals surface area (Å²) in [5, 5.41) is 9.49. The zero-order chi connectivity index (χ0) is 31.4. The second-order valence-electron chi connectivity index (χ2n) is 12.3. The van der Waals surface area contributed by atoms with Crippen molar-refractivity contribution in [3.63, 3.8) is 0 Å². The highest BCUT2D eigenvalue weighted by atomic mass is 16.5. The van der Waals surface area contributed by atoms with E-state index in [1.54, 1.807) is 0 Å². The highest BCUT2D eigenvalue weighted by Gasteiger charge is 2.61. The van der Waals surface area contributed by atoms with E-state index in [1.165, 1.54) is 0 Å². The molecule has 4 aliphatic heterocycles. The van der Waals surface area contributed by atoms with Crippen molar-refractivity contribution in [2.75, 3.05) is 18.5 Å². The number of hydrogen-bond acceptors (Lipinski definition) is 9. The van der Waals surface area contributed by atoms with Gasteiger partial charge in [-0.25, -0.2) is 14.8 Å². The minimum Gasteiger partial charge on any atom is -0.474 e. The molecule has 2 unspecified atom stereocenters. The van der Waals surface area contributed by atoms with Crippen LogP contribution in [-0.4, -0.2) is 48.3 Å². The molecule has 11 heteroatoms. The summed E-state index contributed by atoms with van der Waals surface area (Å²) >= 11 is 0. The van der Waals surface area contributed by atoms with E-state index in [2.05, 4.69) is 27.0 Å². The van der Waals surface area contributed by atoms with Gasteiger partial charge in [-0.05, 0) is 34.7 Å². The summed E-state index contributed by atoms with van der Waals surface area (Å²) in [5.41, 5.74) is 3.98. The number of anilines is 1. The molecule has 4 aromatic rings. The summed E-state index contributed by atoms with van der Waals surface area (Å²) in [6.07, 6.45) is -1.01. The third kappa shape index (κ3) is 4.48. The van der Waals surface area contributed by atoms with Crippen molar-refractivity contribution >= 4 is 23.6 Å². The van der Waals surface area contributed by atoms with Crippen LogP contribution in [0, 0.1) is 5.92 Å². The second-order valence-corrected chi connectivity index (χ2v) is 12.3. The van der Waals surface area contributed by atoms with E-state index in [-0.39, 0.29) is 24.9 Å². The first kappa shape index (κ1) is 28.2. The monoisotopic (exact) mass is 619 g/mol. The Balaban J connectivity index is 1.26.